The molecule has 0 saturated carbocycles. The molecule has 1 heterocycles. The summed E-state index contributed by atoms with van der Waals surface area (Å²) in [5.74, 6) is -0.0326. The largest absolute Gasteiger partial charge is 0.507 e. The number of halogens is 1. The number of hydrogen-bond donors (Lipinski definition) is 2. The summed E-state index contributed by atoms with van der Waals surface area (Å²) in [7, 11) is 0. The topological polar surface area (TPSA) is 74.8 Å². The average molecular weight is 341 g/mol. The van der Waals surface area contributed by atoms with Crippen LogP contribution in [0.2, 0.25) is 5.02 Å². The zero-order valence-electron chi connectivity index (χ0n) is 12.4. The summed E-state index contributed by atoms with van der Waals surface area (Å²) in [4.78, 5) is 16.2. The highest BCUT2D eigenvalue weighted by Gasteiger charge is 2.11. The number of nitrogens with one attached hydrogen (secondary N) is 1. The summed E-state index contributed by atoms with van der Waals surface area (Å²) < 4.78 is 5.03. The van der Waals surface area contributed by atoms with E-state index in [1.165, 1.54) is 6.26 Å². The lowest BCUT2D eigenvalue weighted by molar-refractivity contribution is 0.0996. The molecule has 3 rings (SSSR count). The van der Waals surface area contributed by atoms with Gasteiger partial charge in [-0.2, -0.15) is 0 Å². The Hall–Kier alpha value is -3.05. The van der Waals surface area contributed by atoms with Crippen molar-refractivity contribution in [3.8, 4) is 5.75 Å². The number of carbonyl (C=O) groups excluding carboxylic acids is 1. The molecule has 2 N–H and O–H groups in total. The van der Waals surface area contributed by atoms with Gasteiger partial charge in [0.1, 0.15) is 5.75 Å². The summed E-state index contributed by atoms with van der Waals surface area (Å²) in [6, 6.07) is 15.1. The minimum atomic E-state index is -0.382. The van der Waals surface area contributed by atoms with Gasteiger partial charge in [0.25, 0.3) is 5.91 Å². The van der Waals surface area contributed by atoms with E-state index < -0.39 is 0 Å². The fraction of sp³-hybridized carbons (Fsp3) is 0. The molecular formula is C18H13ClN2O3. The van der Waals surface area contributed by atoms with E-state index in [9.17, 15) is 9.90 Å². The Morgan fingerprint density at radius 2 is 2.00 bits per heavy atom. The molecule has 0 aliphatic rings. The Morgan fingerprint density at radius 1 is 1.17 bits per heavy atom. The van der Waals surface area contributed by atoms with E-state index in [0.717, 1.165) is 0 Å². The molecule has 3 aromatic rings. The average Bonchev–Trinajstić information content (AvgIpc) is 3.11. The highest BCUT2D eigenvalue weighted by Crippen LogP contribution is 2.27. The number of hydrogen-bond acceptors (Lipinski definition) is 4. The van der Waals surface area contributed by atoms with Gasteiger partial charge in [-0.15, -0.1) is 0 Å². The predicted octanol–water partition coefficient (Wildman–Crippen LogP) is 4.64. The standard InChI is InChI=1S/C18H13ClN2O3/c19-14-10-13(20-11-12-4-1-2-5-16(12)22)7-8-15(14)21-18(23)17-6-3-9-24-17/h1-11,22H,(H,21,23). The van der Waals surface area contributed by atoms with Crippen LogP contribution in [0.4, 0.5) is 11.4 Å². The SMILES string of the molecule is O=C(Nc1ccc(N=Cc2ccccc2O)cc1Cl)c1ccco1. The number of phenols is 1. The maximum absolute atomic E-state index is 11.9. The molecule has 0 saturated heterocycles. The Labute approximate surface area is 143 Å². The van der Waals surface area contributed by atoms with Crippen LogP contribution in [0, 0.1) is 0 Å². The quantitative estimate of drug-likeness (QED) is 0.679. The molecule has 0 bridgehead atoms. The van der Waals surface area contributed by atoms with Crippen molar-refractivity contribution in [2.24, 2.45) is 4.99 Å². The van der Waals surface area contributed by atoms with Crippen molar-refractivity contribution in [3.63, 3.8) is 0 Å². The van der Waals surface area contributed by atoms with Crippen molar-refractivity contribution in [3.05, 3.63) is 77.2 Å². The summed E-state index contributed by atoms with van der Waals surface area (Å²) >= 11 is 6.18. The van der Waals surface area contributed by atoms with Gasteiger partial charge in [0.2, 0.25) is 0 Å². The number of anilines is 1. The Bertz CT molecular complexity index is 889. The minimum absolute atomic E-state index is 0.148. The van der Waals surface area contributed by atoms with Crippen molar-refractivity contribution in [2.75, 3.05) is 5.32 Å². The number of para-hydroxylation sites is 1. The number of carbonyl (C=O) groups is 1. The first-order valence-electron chi connectivity index (χ1n) is 7.10. The first-order valence-corrected chi connectivity index (χ1v) is 7.48. The van der Waals surface area contributed by atoms with Crippen LogP contribution in [0.1, 0.15) is 16.1 Å². The molecule has 0 spiro atoms. The molecular weight excluding hydrogens is 328 g/mol. The van der Waals surface area contributed by atoms with E-state index in [-0.39, 0.29) is 17.4 Å². The molecule has 1 amide bonds. The second-order valence-electron chi connectivity index (χ2n) is 4.91. The highest BCUT2D eigenvalue weighted by atomic mass is 35.5. The predicted molar refractivity (Wildman–Crippen MR) is 93.5 cm³/mol. The van der Waals surface area contributed by atoms with Crippen LogP contribution >= 0.6 is 11.6 Å². The first-order chi connectivity index (χ1) is 11.6. The third-order valence-corrected chi connectivity index (χ3v) is 3.55. The zero-order chi connectivity index (χ0) is 16.9. The van der Waals surface area contributed by atoms with Crippen LogP contribution in [0.5, 0.6) is 5.75 Å². The molecule has 6 heteroatoms. The first kappa shape index (κ1) is 15.8. The molecule has 0 aliphatic carbocycles. The maximum Gasteiger partial charge on any atom is 0.291 e. The monoisotopic (exact) mass is 340 g/mol. The van der Waals surface area contributed by atoms with E-state index in [1.807, 2.05) is 0 Å². The molecule has 120 valence electrons. The van der Waals surface area contributed by atoms with Crippen LogP contribution in [0.25, 0.3) is 0 Å². The zero-order valence-corrected chi connectivity index (χ0v) is 13.2. The number of aromatic hydroxyl groups is 1. The summed E-state index contributed by atoms with van der Waals surface area (Å²) in [6.07, 6.45) is 2.97. The Kier molecular flexibility index (Phi) is 4.63. The Morgan fingerprint density at radius 3 is 2.71 bits per heavy atom. The van der Waals surface area contributed by atoms with Gasteiger partial charge in [0.15, 0.2) is 5.76 Å². The number of amides is 1. The van der Waals surface area contributed by atoms with Gasteiger partial charge in [-0.1, -0.05) is 23.7 Å². The van der Waals surface area contributed by atoms with Gasteiger partial charge in [-0.25, -0.2) is 0 Å². The molecule has 0 atom stereocenters. The summed E-state index contributed by atoms with van der Waals surface area (Å²) in [5.41, 5.74) is 1.66. The second kappa shape index (κ2) is 7.02. The van der Waals surface area contributed by atoms with Crippen molar-refractivity contribution in [1.29, 1.82) is 0 Å². The van der Waals surface area contributed by atoms with E-state index in [1.54, 1.807) is 60.8 Å². The van der Waals surface area contributed by atoms with E-state index in [2.05, 4.69) is 10.3 Å². The van der Waals surface area contributed by atoms with Crippen molar-refractivity contribution < 1.29 is 14.3 Å². The van der Waals surface area contributed by atoms with Gasteiger partial charge in [0, 0.05) is 11.8 Å². The molecule has 5 nitrogen and oxygen atoms in total. The lowest BCUT2D eigenvalue weighted by Gasteiger charge is -2.06. The fourth-order valence-corrected chi connectivity index (χ4v) is 2.24. The summed E-state index contributed by atoms with van der Waals surface area (Å²) in [6.45, 7) is 0. The van der Waals surface area contributed by atoms with Crippen LogP contribution in [-0.4, -0.2) is 17.2 Å². The molecule has 1 aromatic heterocycles. The van der Waals surface area contributed by atoms with Crippen LogP contribution in [0.15, 0.2) is 70.3 Å². The minimum Gasteiger partial charge on any atom is -0.507 e. The van der Waals surface area contributed by atoms with Crippen LogP contribution in [-0.2, 0) is 0 Å². The molecule has 2 aromatic carbocycles. The third-order valence-electron chi connectivity index (χ3n) is 3.24. The number of benzene rings is 2. The number of nitrogens with zero attached hydrogens (tertiary/aromatic N) is 1. The maximum atomic E-state index is 11.9. The fourth-order valence-electron chi connectivity index (χ4n) is 2.02. The molecule has 24 heavy (non-hydrogen) atoms. The lowest BCUT2D eigenvalue weighted by atomic mass is 10.2. The van der Waals surface area contributed by atoms with E-state index >= 15 is 0 Å². The van der Waals surface area contributed by atoms with E-state index in [0.29, 0.717) is 22.0 Å². The molecule has 0 radical (unpaired) electrons. The lowest BCUT2D eigenvalue weighted by Crippen LogP contribution is -2.10. The number of phenolic OH excluding ortho intramolecular Hbond substituents is 1. The van der Waals surface area contributed by atoms with Gasteiger partial charge in [-0.3, -0.25) is 9.79 Å². The van der Waals surface area contributed by atoms with Crippen LogP contribution in [0.3, 0.4) is 0 Å². The smallest absolute Gasteiger partial charge is 0.291 e. The van der Waals surface area contributed by atoms with E-state index in [4.69, 9.17) is 16.0 Å². The number of furan rings is 1. The van der Waals surface area contributed by atoms with Crippen LogP contribution < -0.4 is 5.32 Å². The van der Waals surface area contributed by atoms with Crippen molar-refractivity contribution in [1.82, 2.24) is 0 Å². The van der Waals surface area contributed by atoms with Gasteiger partial charge in [-0.05, 0) is 42.5 Å². The molecule has 0 aliphatic heterocycles. The normalized spacial score (nSPS) is 10.9. The number of rotatable bonds is 4. The second-order valence-corrected chi connectivity index (χ2v) is 5.32. The van der Waals surface area contributed by atoms with Crippen molar-refractivity contribution >= 4 is 35.1 Å². The number of aliphatic imine (C=N–C) groups is 1. The molecule has 0 fully saturated rings. The van der Waals surface area contributed by atoms with Gasteiger partial charge >= 0.3 is 0 Å². The Balaban J connectivity index is 1.75. The van der Waals surface area contributed by atoms with Gasteiger partial charge < -0.3 is 14.8 Å². The van der Waals surface area contributed by atoms with Gasteiger partial charge in [0.05, 0.1) is 22.7 Å². The summed E-state index contributed by atoms with van der Waals surface area (Å²) in [5, 5.41) is 12.7. The molecule has 0 unspecified atom stereocenters. The van der Waals surface area contributed by atoms with Crippen molar-refractivity contribution in [2.45, 2.75) is 0 Å². The third kappa shape index (κ3) is 3.64. The highest BCUT2D eigenvalue weighted by molar-refractivity contribution is 6.34.